The Labute approximate surface area is 101 Å². The van der Waals surface area contributed by atoms with Crippen molar-refractivity contribution in [3.8, 4) is 0 Å². The number of hydrogen-bond acceptors (Lipinski definition) is 4. The SMILES string of the molecule is CC[C@](O)(/C(C)=C/[N+](=O)[O-])[C@H]1CCCCC1=O. The van der Waals surface area contributed by atoms with Crippen LogP contribution in [0.25, 0.3) is 0 Å². The first kappa shape index (κ1) is 13.8. The molecule has 1 N–H and O–H groups in total. The maximum Gasteiger partial charge on any atom is 0.236 e. The molecule has 1 rings (SSSR count). The Morgan fingerprint density at radius 3 is 2.76 bits per heavy atom. The van der Waals surface area contributed by atoms with Gasteiger partial charge >= 0.3 is 0 Å². The van der Waals surface area contributed by atoms with Gasteiger partial charge in [-0.3, -0.25) is 14.9 Å². The summed E-state index contributed by atoms with van der Waals surface area (Å²) in [5.41, 5.74) is -1.09. The standard InChI is InChI=1S/C12H19NO4/c1-3-12(15,9(2)8-13(16)17)10-6-4-5-7-11(10)14/h8,10,15H,3-7H2,1-2H3/b9-8+/t10-,12-/m0/s1. The van der Waals surface area contributed by atoms with E-state index < -0.39 is 16.4 Å². The average Bonchev–Trinajstić information content (AvgIpc) is 2.27. The zero-order chi connectivity index (χ0) is 13.1. The first-order valence-electron chi connectivity index (χ1n) is 5.99. The van der Waals surface area contributed by atoms with Crippen molar-refractivity contribution in [1.29, 1.82) is 0 Å². The number of ketones is 1. The van der Waals surface area contributed by atoms with Gasteiger partial charge in [-0.05, 0) is 26.2 Å². The van der Waals surface area contributed by atoms with Gasteiger partial charge in [-0.1, -0.05) is 13.3 Å². The maximum absolute atomic E-state index is 11.8. The summed E-state index contributed by atoms with van der Waals surface area (Å²) in [5, 5.41) is 21.0. The van der Waals surface area contributed by atoms with Crippen molar-refractivity contribution in [2.24, 2.45) is 5.92 Å². The number of carbonyl (C=O) groups excluding carboxylic acids is 1. The highest BCUT2D eigenvalue weighted by molar-refractivity contribution is 5.83. The minimum Gasteiger partial charge on any atom is -0.385 e. The predicted molar refractivity (Wildman–Crippen MR) is 63.0 cm³/mol. The second-order valence-corrected chi connectivity index (χ2v) is 4.64. The normalized spacial score (nSPS) is 25.5. The van der Waals surface area contributed by atoms with Crippen LogP contribution in [-0.2, 0) is 4.79 Å². The Kier molecular flexibility index (Phi) is 4.40. The molecule has 5 heteroatoms. The summed E-state index contributed by atoms with van der Waals surface area (Å²) in [4.78, 5) is 21.7. The van der Waals surface area contributed by atoms with Crippen LogP contribution in [0, 0.1) is 16.0 Å². The summed E-state index contributed by atoms with van der Waals surface area (Å²) in [6.45, 7) is 3.27. The lowest BCUT2D eigenvalue weighted by molar-refractivity contribution is -0.404. The van der Waals surface area contributed by atoms with Gasteiger partial charge in [0.25, 0.3) is 0 Å². The molecule has 0 spiro atoms. The van der Waals surface area contributed by atoms with Crippen LogP contribution in [-0.4, -0.2) is 21.4 Å². The van der Waals surface area contributed by atoms with Crippen molar-refractivity contribution < 1.29 is 14.8 Å². The van der Waals surface area contributed by atoms with Gasteiger partial charge in [0.05, 0.1) is 10.8 Å². The van der Waals surface area contributed by atoms with E-state index in [0.29, 0.717) is 19.3 Å². The molecular weight excluding hydrogens is 222 g/mol. The van der Waals surface area contributed by atoms with Crippen LogP contribution < -0.4 is 0 Å². The van der Waals surface area contributed by atoms with Gasteiger partial charge in [-0.25, -0.2) is 0 Å². The zero-order valence-electron chi connectivity index (χ0n) is 10.3. The van der Waals surface area contributed by atoms with Gasteiger partial charge in [0, 0.05) is 12.0 Å². The van der Waals surface area contributed by atoms with Crippen LogP contribution in [0.15, 0.2) is 11.8 Å². The van der Waals surface area contributed by atoms with Crippen LogP contribution in [0.2, 0.25) is 0 Å². The smallest absolute Gasteiger partial charge is 0.236 e. The second-order valence-electron chi connectivity index (χ2n) is 4.64. The first-order valence-corrected chi connectivity index (χ1v) is 5.99. The molecule has 0 aromatic heterocycles. The number of nitro groups is 1. The molecule has 96 valence electrons. The third-order valence-electron chi connectivity index (χ3n) is 3.65. The molecular formula is C12H19NO4. The van der Waals surface area contributed by atoms with Crippen LogP contribution in [0.5, 0.6) is 0 Å². The summed E-state index contributed by atoms with van der Waals surface area (Å²) in [5.74, 6) is -0.464. The summed E-state index contributed by atoms with van der Waals surface area (Å²) in [6.07, 6.45) is 3.97. The van der Waals surface area contributed by atoms with Gasteiger partial charge in [0.15, 0.2) is 0 Å². The van der Waals surface area contributed by atoms with Gasteiger partial charge in [0.1, 0.15) is 11.4 Å². The highest BCUT2D eigenvalue weighted by atomic mass is 16.6. The lowest BCUT2D eigenvalue weighted by atomic mass is 9.71. The largest absolute Gasteiger partial charge is 0.385 e. The molecule has 0 aromatic rings. The van der Waals surface area contributed by atoms with E-state index in [2.05, 4.69) is 0 Å². The fourth-order valence-electron chi connectivity index (χ4n) is 2.56. The molecule has 1 saturated carbocycles. The molecule has 0 radical (unpaired) electrons. The molecule has 1 fully saturated rings. The van der Waals surface area contributed by atoms with E-state index in [4.69, 9.17) is 0 Å². The number of nitrogens with zero attached hydrogens (tertiary/aromatic N) is 1. The molecule has 0 aliphatic heterocycles. The van der Waals surface area contributed by atoms with Crippen molar-refractivity contribution in [3.63, 3.8) is 0 Å². The lowest BCUT2D eigenvalue weighted by Gasteiger charge is -2.36. The second kappa shape index (κ2) is 5.40. The van der Waals surface area contributed by atoms with Gasteiger partial charge < -0.3 is 5.11 Å². The van der Waals surface area contributed by atoms with E-state index in [0.717, 1.165) is 19.0 Å². The molecule has 0 bridgehead atoms. The third-order valence-corrected chi connectivity index (χ3v) is 3.65. The Bertz CT molecular complexity index is 350. The number of rotatable bonds is 4. The first-order chi connectivity index (χ1) is 7.91. The summed E-state index contributed by atoms with van der Waals surface area (Å²) in [6, 6.07) is 0. The van der Waals surface area contributed by atoms with Crippen LogP contribution in [0.3, 0.4) is 0 Å². The van der Waals surface area contributed by atoms with Crippen molar-refractivity contribution >= 4 is 5.78 Å². The van der Waals surface area contributed by atoms with E-state index in [1.54, 1.807) is 6.92 Å². The minimum absolute atomic E-state index is 0.0247. The average molecular weight is 241 g/mol. The molecule has 1 aliphatic carbocycles. The molecule has 0 heterocycles. The quantitative estimate of drug-likeness (QED) is 0.603. The van der Waals surface area contributed by atoms with Gasteiger partial charge in [-0.2, -0.15) is 0 Å². The molecule has 5 nitrogen and oxygen atoms in total. The molecule has 0 aromatic carbocycles. The highest BCUT2D eigenvalue weighted by Gasteiger charge is 2.43. The molecule has 17 heavy (non-hydrogen) atoms. The number of hydrogen-bond donors (Lipinski definition) is 1. The van der Waals surface area contributed by atoms with Crippen LogP contribution >= 0.6 is 0 Å². The Morgan fingerprint density at radius 2 is 2.29 bits per heavy atom. The minimum atomic E-state index is -1.36. The molecule has 1 aliphatic rings. The summed E-state index contributed by atoms with van der Waals surface area (Å²) >= 11 is 0. The van der Waals surface area contributed by atoms with E-state index in [9.17, 15) is 20.0 Å². The third kappa shape index (κ3) is 2.91. The maximum atomic E-state index is 11.8. The molecule has 0 unspecified atom stereocenters. The molecule has 0 saturated heterocycles. The Balaban J connectivity index is 3.01. The zero-order valence-corrected chi connectivity index (χ0v) is 10.3. The fourth-order valence-corrected chi connectivity index (χ4v) is 2.56. The van der Waals surface area contributed by atoms with Crippen molar-refractivity contribution in [3.05, 3.63) is 21.9 Å². The number of Topliss-reactive ketones (excluding diaryl/α,β-unsaturated/α-hetero) is 1. The van der Waals surface area contributed by atoms with E-state index in [1.165, 1.54) is 6.92 Å². The van der Waals surface area contributed by atoms with Crippen molar-refractivity contribution in [2.45, 2.75) is 51.6 Å². The predicted octanol–water partition coefficient (Wildman–Crippen LogP) is 2.07. The van der Waals surface area contributed by atoms with E-state index >= 15 is 0 Å². The van der Waals surface area contributed by atoms with Gasteiger partial charge in [-0.15, -0.1) is 0 Å². The Morgan fingerprint density at radius 1 is 1.65 bits per heavy atom. The topological polar surface area (TPSA) is 80.4 Å². The molecule has 0 amide bonds. The monoisotopic (exact) mass is 241 g/mol. The Hall–Kier alpha value is -1.23. The summed E-state index contributed by atoms with van der Waals surface area (Å²) < 4.78 is 0. The summed E-state index contributed by atoms with van der Waals surface area (Å²) in [7, 11) is 0. The van der Waals surface area contributed by atoms with Gasteiger partial charge in [0.2, 0.25) is 6.20 Å². The lowest BCUT2D eigenvalue weighted by Crippen LogP contribution is -2.44. The fraction of sp³-hybridized carbons (Fsp3) is 0.750. The molecule has 2 atom stereocenters. The number of aliphatic hydroxyl groups is 1. The van der Waals surface area contributed by atoms with Crippen molar-refractivity contribution in [2.75, 3.05) is 0 Å². The van der Waals surface area contributed by atoms with E-state index in [1.807, 2.05) is 0 Å². The highest BCUT2D eigenvalue weighted by Crippen LogP contribution is 2.37. The van der Waals surface area contributed by atoms with Crippen LogP contribution in [0.1, 0.15) is 46.0 Å². The van der Waals surface area contributed by atoms with Crippen LogP contribution in [0.4, 0.5) is 0 Å². The van der Waals surface area contributed by atoms with Crippen molar-refractivity contribution in [1.82, 2.24) is 0 Å². The number of carbonyl (C=O) groups is 1. The van der Waals surface area contributed by atoms with E-state index in [-0.39, 0.29) is 11.4 Å².